The molecule has 0 atom stereocenters. The molecule has 5 rings (SSSR count). The maximum atomic E-state index is 12.0. The summed E-state index contributed by atoms with van der Waals surface area (Å²) in [6.45, 7) is 0. The van der Waals surface area contributed by atoms with E-state index in [0.717, 1.165) is 11.5 Å². The predicted octanol–water partition coefficient (Wildman–Crippen LogP) is 6.27. The summed E-state index contributed by atoms with van der Waals surface area (Å²) in [5.74, 6) is -0.314. The molecule has 0 saturated heterocycles. The van der Waals surface area contributed by atoms with Gasteiger partial charge in [0.25, 0.3) is 20.2 Å². The van der Waals surface area contributed by atoms with Crippen molar-refractivity contribution in [2.24, 2.45) is 10.2 Å². The molecule has 0 aliphatic rings. The van der Waals surface area contributed by atoms with E-state index in [-0.39, 0.29) is 27.1 Å². The van der Waals surface area contributed by atoms with Gasteiger partial charge in [-0.25, -0.2) is 0 Å². The molecule has 37 heavy (non-hydrogen) atoms. The highest BCUT2D eigenvalue weighted by atomic mass is 32.2. The molecule has 0 fully saturated rings. The lowest BCUT2D eigenvalue weighted by molar-refractivity contribution is 0.478. The number of hydrogen-bond donors (Lipinski definition) is 3. The molecule has 0 heterocycles. The van der Waals surface area contributed by atoms with Crippen molar-refractivity contribution in [1.29, 1.82) is 0 Å². The summed E-state index contributed by atoms with van der Waals surface area (Å²) >= 11 is 0. The molecule has 11 heteroatoms. The molecule has 0 spiro atoms. The molecule has 9 nitrogen and oxygen atoms in total. The molecular weight excluding hydrogens is 516 g/mol. The fraction of sp³-hybridized carbons (Fsp3) is 0. The van der Waals surface area contributed by atoms with E-state index in [9.17, 15) is 31.0 Å². The Morgan fingerprint density at radius 1 is 0.622 bits per heavy atom. The summed E-state index contributed by atoms with van der Waals surface area (Å²) in [7, 11) is -9.01. The maximum absolute atomic E-state index is 12.0. The predicted molar refractivity (Wildman–Crippen MR) is 139 cm³/mol. The van der Waals surface area contributed by atoms with Gasteiger partial charge in [0.1, 0.15) is 16.3 Å². The zero-order chi connectivity index (χ0) is 26.4. The van der Waals surface area contributed by atoms with Gasteiger partial charge in [-0.05, 0) is 29.1 Å². The Morgan fingerprint density at radius 3 is 1.89 bits per heavy atom. The van der Waals surface area contributed by atoms with Crippen molar-refractivity contribution in [3.05, 3.63) is 91.0 Å². The molecule has 0 radical (unpaired) electrons. The van der Waals surface area contributed by atoms with Crippen LogP contribution in [0.1, 0.15) is 0 Å². The van der Waals surface area contributed by atoms with Gasteiger partial charge in [-0.2, -0.15) is 16.8 Å². The Balaban J connectivity index is 1.72. The third-order valence-electron chi connectivity index (χ3n) is 5.86. The van der Waals surface area contributed by atoms with E-state index < -0.39 is 25.1 Å². The van der Waals surface area contributed by atoms with E-state index in [1.54, 1.807) is 24.3 Å². The Morgan fingerprint density at radius 2 is 1.24 bits per heavy atom. The number of phenolic OH excluding ortho intramolecular Hbond substituents is 1. The van der Waals surface area contributed by atoms with E-state index in [2.05, 4.69) is 10.2 Å². The fourth-order valence-corrected chi connectivity index (χ4v) is 5.31. The maximum Gasteiger partial charge on any atom is 0.295 e. The largest absolute Gasteiger partial charge is 0.505 e. The van der Waals surface area contributed by atoms with Gasteiger partial charge >= 0.3 is 0 Å². The van der Waals surface area contributed by atoms with Crippen LogP contribution in [0.5, 0.6) is 5.75 Å². The molecular formula is C26H18N2O7S2. The summed E-state index contributed by atoms with van der Waals surface area (Å²) in [6.07, 6.45) is 0. The minimum atomic E-state index is -4.64. The molecule has 3 N–H and O–H groups in total. The van der Waals surface area contributed by atoms with Gasteiger partial charge in [-0.3, -0.25) is 9.11 Å². The first-order chi connectivity index (χ1) is 17.5. The normalized spacial score (nSPS) is 12.5. The van der Waals surface area contributed by atoms with E-state index in [1.807, 2.05) is 24.3 Å². The SMILES string of the molecule is O=S(=O)(O)c1ccc(-c2ccc3ccccc3c2N=Nc2cc(S(=O)(=O)O)c3ccccc3c2O)cc1. The summed E-state index contributed by atoms with van der Waals surface area (Å²) in [5, 5.41) is 21.2. The number of aromatic hydroxyl groups is 1. The van der Waals surface area contributed by atoms with Crippen molar-refractivity contribution >= 4 is 53.2 Å². The molecule has 5 aromatic rings. The van der Waals surface area contributed by atoms with Crippen LogP contribution in [0, 0.1) is 0 Å². The van der Waals surface area contributed by atoms with Crippen LogP contribution in [0.2, 0.25) is 0 Å². The third kappa shape index (κ3) is 4.68. The number of azo groups is 1. The van der Waals surface area contributed by atoms with Gasteiger partial charge < -0.3 is 5.11 Å². The van der Waals surface area contributed by atoms with E-state index >= 15 is 0 Å². The number of benzene rings is 5. The van der Waals surface area contributed by atoms with Crippen LogP contribution in [0.3, 0.4) is 0 Å². The Hall–Kier alpha value is -4.16. The summed E-state index contributed by atoms with van der Waals surface area (Å²) in [5.41, 5.74) is 1.35. The number of nitrogens with zero attached hydrogens (tertiary/aromatic N) is 2. The van der Waals surface area contributed by atoms with Crippen LogP contribution >= 0.6 is 0 Å². The average molecular weight is 535 g/mol. The first-order valence-corrected chi connectivity index (χ1v) is 13.7. The first-order valence-electron chi connectivity index (χ1n) is 10.8. The quantitative estimate of drug-likeness (QED) is 0.177. The Kier molecular flexibility index (Phi) is 6.00. The smallest absolute Gasteiger partial charge is 0.295 e. The molecule has 0 saturated carbocycles. The third-order valence-corrected chi connectivity index (χ3v) is 7.62. The van der Waals surface area contributed by atoms with Crippen LogP contribution in [-0.4, -0.2) is 31.0 Å². The van der Waals surface area contributed by atoms with Crippen molar-refractivity contribution < 1.29 is 31.0 Å². The second-order valence-corrected chi connectivity index (χ2v) is 11.0. The van der Waals surface area contributed by atoms with Crippen LogP contribution in [0.15, 0.2) is 111 Å². The zero-order valence-electron chi connectivity index (χ0n) is 18.8. The molecule has 0 aliphatic carbocycles. The fourth-order valence-electron chi connectivity index (χ4n) is 4.11. The molecule has 0 aliphatic heterocycles. The van der Waals surface area contributed by atoms with Gasteiger partial charge in [0.15, 0.2) is 5.75 Å². The van der Waals surface area contributed by atoms with Crippen LogP contribution < -0.4 is 0 Å². The van der Waals surface area contributed by atoms with Gasteiger partial charge in [0.05, 0.1) is 4.90 Å². The molecule has 0 amide bonds. The first kappa shape index (κ1) is 24.5. The summed E-state index contributed by atoms with van der Waals surface area (Å²) in [6, 6.07) is 23.7. The topological polar surface area (TPSA) is 154 Å². The number of fused-ring (bicyclic) bond motifs is 2. The minimum Gasteiger partial charge on any atom is -0.505 e. The van der Waals surface area contributed by atoms with Crippen molar-refractivity contribution in [3.63, 3.8) is 0 Å². The Bertz CT molecular complexity index is 1930. The molecule has 0 bridgehead atoms. The van der Waals surface area contributed by atoms with Gasteiger partial charge in [-0.15, -0.1) is 10.2 Å². The highest BCUT2D eigenvalue weighted by Crippen LogP contribution is 2.42. The monoisotopic (exact) mass is 534 g/mol. The van der Waals surface area contributed by atoms with E-state index in [1.165, 1.54) is 36.4 Å². The van der Waals surface area contributed by atoms with Crippen molar-refractivity contribution in [3.8, 4) is 16.9 Å². The van der Waals surface area contributed by atoms with E-state index in [4.69, 9.17) is 0 Å². The second kappa shape index (κ2) is 9.05. The van der Waals surface area contributed by atoms with E-state index in [0.29, 0.717) is 22.2 Å². The lowest BCUT2D eigenvalue weighted by atomic mass is 9.99. The van der Waals surface area contributed by atoms with Crippen molar-refractivity contribution in [2.45, 2.75) is 9.79 Å². The lowest BCUT2D eigenvalue weighted by Gasteiger charge is -2.11. The summed E-state index contributed by atoms with van der Waals surface area (Å²) < 4.78 is 66.0. The molecule has 0 unspecified atom stereocenters. The number of phenols is 1. The number of hydrogen-bond acceptors (Lipinski definition) is 7. The van der Waals surface area contributed by atoms with Crippen molar-refractivity contribution in [1.82, 2.24) is 0 Å². The zero-order valence-corrected chi connectivity index (χ0v) is 20.5. The average Bonchev–Trinajstić information content (AvgIpc) is 2.87. The van der Waals surface area contributed by atoms with Crippen LogP contribution in [-0.2, 0) is 20.2 Å². The molecule has 5 aromatic carbocycles. The molecule has 0 aromatic heterocycles. The Labute approximate surface area is 211 Å². The highest BCUT2D eigenvalue weighted by molar-refractivity contribution is 7.86. The minimum absolute atomic E-state index is 0.131. The highest BCUT2D eigenvalue weighted by Gasteiger charge is 2.20. The number of rotatable bonds is 5. The van der Waals surface area contributed by atoms with Crippen molar-refractivity contribution in [2.75, 3.05) is 0 Å². The lowest BCUT2D eigenvalue weighted by Crippen LogP contribution is -1.99. The van der Waals surface area contributed by atoms with Gasteiger partial charge in [0.2, 0.25) is 0 Å². The standard InChI is InChI=1S/C26H18N2O7S2/c29-26-22-8-4-3-7-21(22)24(37(33,34)35)15-23(26)27-28-25-19-6-2-1-5-16(19)11-14-20(25)17-9-12-18(13-10-17)36(30,31)32/h1-15,29H,(H,30,31,32)(H,33,34,35). The van der Waals surface area contributed by atoms with Gasteiger partial charge in [-0.1, -0.05) is 72.8 Å². The molecule has 186 valence electrons. The van der Waals surface area contributed by atoms with Gasteiger partial charge in [0, 0.05) is 21.7 Å². The van der Waals surface area contributed by atoms with Crippen LogP contribution in [0.25, 0.3) is 32.7 Å². The van der Waals surface area contributed by atoms with Crippen LogP contribution in [0.4, 0.5) is 11.4 Å². The summed E-state index contributed by atoms with van der Waals surface area (Å²) in [4.78, 5) is -0.687. The second-order valence-electron chi connectivity index (χ2n) is 8.15.